The number of rotatable bonds is 3. The van der Waals surface area contributed by atoms with Crippen molar-refractivity contribution in [3.05, 3.63) is 32.8 Å². The Morgan fingerprint density at radius 3 is 2.71 bits per heavy atom. The van der Waals surface area contributed by atoms with Gasteiger partial charge >= 0.3 is 0 Å². The van der Waals surface area contributed by atoms with Gasteiger partial charge in [-0.3, -0.25) is 10.1 Å². The van der Waals surface area contributed by atoms with E-state index in [9.17, 15) is 10.1 Å². The van der Waals surface area contributed by atoms with Crippen LogP contribution in [0.3, 0.4) is 0 Å². The highest BCUT2D eigenvalue weighted by atomic mass is 35.5. The fourth-order valence-corrected chi connectivity index (χ4v) is 1.39. The second-order valence-corrected chi connectivity index (χ2v) is 2.90. The van der Waals surface area contributed by atoms with Gasteiger partial charge in [-0.05, 0) is 6.07 Å². The minimum Gasteiger partial charge on any atom is -0.495 e. The summed E-state index contributed by atoms with van der Waals surface area (Å²) < 4.78 is 4.86. The highest BCUT2D eigenvalue weighted by Gasteiger charge is 2.19. The lowest BCUT2D eigenvalue weighted by Gasteiger charge is -2.07. The third-order valence-corrected chi connectivity index (χ3v) is 2.04. The zero-order chi connectivity index (χ0) is 10.7. The third kappa shape index (κ3) is 1.78. The second kappa shape index (κ2) is 4.26. The molecular formula is C8H8ClNO4. The molecule has 0 atom stereocenters. The summed E-state index contributed by atoms with van der Waals surface area (Å²) in [7, 11) is 1.34. The molecule has 0 saturated heterocycles. The minimum absolute atomic E-state index is 0.0880. The van der Waals surface area contributed by atoms with Gasteiger partial charge < -0.3 is 9.84 Å². The van der Waals surface area contributed by atoms with Gasteiger partial charge in [-0.1, -0.05) is 11.6 Å². The Balaban J connectivity index is 3.40. The predicted octanol–water partition coefficient (Wildman–Crippen LogP) is 1.75. The van der Waals surface area contributed by atoms with Crippen LogP contribution in [0.1, 0.15) is 5.56 Å². The molecular weight excluding hydrogens is 210 g/mol. The molecule has 1 N–H and O–H groups in total. The number of aliphatic hydroxyl groups is 1. The van der Waals surface area contributed by atoms with Crippen LogP contribution in [0.2, 0.25) is 5.02 Å². The molecule has 1 rings (SSSR count). The standard InChI is InChI=1S/C8H8ClNO4/c1-14-8-5(4-11)7(10(12)13)3-2-6(8)9/h2-3,11H,4H2,1H3. The van der Waals surface area contributed by atoms with Gasteiger partial charge in [-0.2, -0.15) is 0 Å². The highest BCUT2D eigenvalue weighted by molar-refractivity contribution is 6.32. The van der Waals surface area contributed by atoms with Gasteiger partial charge in [-0.25, -0.2) is 0 Å². The van der Waals surface area contributed by atoms with Crippen molar-refractivity contribution >= 4 is 17.3 Å². The maximum absolute atomic E-state index is 10.6. The van der Waals surface area contributed by atoms with E-state index in [-0.39, 0.29) is 22.0 Å². The Kier molecular flexibility index (Phi) is 3.27. The number of methoxy groups -OCH3 is 1. The summed E-state index contributed by atoms with van der Waals surface area (Å²) in [6.45, 7) is -0.486. The summed E-state index contributed by atoms with van der Waals surface area (Å²) in [4.78, 5) is 9.96. The first kappa shape index (κ1) is 10.7. The van der Waals surface area contributed by atoms with Crippen LogP contribution >= 0.6 is 11.6 Å². The van der Waals surface area contributed by atoms with E-state index in [0.717, 1.165) is 0 Å². The zero-order valence-electron chi connectivity index (χ0n) is 7.36. The van der Waals surface area contributed by atoms with Crippen molar-refractivity contribution in [3.8, 4) is 5.75 Å². The molecule has 0 aliphatic carbocycles. The van der Waals surface area contributed by atoms with Crippen LogP contribution in [-0.4, -0.2) is 17.1 Å². The number of halogens is 1. The number of ether oxygens (including phenoxy) is 1. The molecule has 14 heavy (non-hydrogen) atoms. The van der Waals surface area contributed by atoms with Crippen LogP contribution in [0.15, 0.2) is 12.1 Å². The number of nitrogens with zero attached hydrogens (tertiary/aromatic N) is 1. The molecule has 0 saturated carbocycles. The lowest BCUT2D eigenvalue weighted by Crippen LogP contribution is -1.99. The first-order chi connectivity index (χ1) is 6.61. The van der Waals surface area contributed by atoms with Crippen LogP contribution in [0.25, 0.3) is 0 Å². The molecule has 1 aromatic carbocycles. The number of hydrogen-bond donors (Lipinski definition) is 1. The van der Waals surface area contributed by atoms with Gasteiger partial charge in [0.1, 0.15) is 5.75 Å². The Labute approximate surface area is 85.0 Å². The molecule has 1 aromatic rings. The SMILES string of the molecule is COc1c(Cl)ccc([N+](=O)[O-])c1CO. The lowest BCUT2D eigenvalue weighted by atomic mass is 10.1. The molecule has 0 fully saturated rings. The lowest BCUT2D eigenvalue weighted by molar-refractivity contribution is -0.385. The molecule has 0 bridgehead atoms. The quantitative estimate of drug-likeness (QED) is 0.618. The molecule has 0 aliphatic heterocycles. The van der Waals surface area contributed by atoms with Crippen molar-refractivity contribution in [2.24, 2.45) is 0 Å². The molecule has 0 aliphatic rings. The van der Waals surface area contributed by atoms with E-state index in [1.54, 1.807) is 0 Å². The topological polar surface area (TPSA) is 72.6 Å². The summed E-state index contributed by atoms with van der Waals surface area (Å²) in [5.41, 5.74) is -0.112. The van der Waals surface area contributed by atoms with E-state index >= 15 is 0 Å². The Bertz CT molecular complexity index is 367. The van der Waals surface area contributed by atoms with E-state index in [1.807, 2.05) is 0 Å². The molecule has 6 heteroatoms. The smallest absolute Gasteiger partial charge is 0.278 e. The van der Waals surface area contributed by atoms with Gasteiger partial charge in [0.2, 0.25) is 0 Å². The summed E-state index contributed by atoms with van der Waals surface area (Å²) >= 11 is 5.73. The Morgan fingerprint density at radius 1 is 1.64 bits per heavy atom. The summed E-state index contributed by atoms with van der Waals surface area (Å²) in [6, 6.07) is 2.59. The Hall–Kier alpha value is -1.33. The van der Waals surface area contributed by atoms with Gasteiger partial charge in [0.15, 0.2) is 0 Å². The largest absolute Gasteiger partial charge is 0.495 e. The fraction of sp³-hybridized carbons (Fsp3) is 0.250. The zero-order valence-corrected chi connectivity index (χ0v) is 8.11. The van der Waals surface area contributed by atoms with E-state index in [0.29, 0.717) is 0 Å². The first-order valence-corrected chi connectivity index (χ1v) is 4.10. The van der Waals surface area contributed by atoms with Crippen molar-refractivity contribution in [1.29, 1.82) is 0 Å². The molecule has 0 aromatic heterocycles. The fourth-order valence-electron chi connectivity index (χ4n) is 1.13. The molecule has 0 amide bonds. The highest BCUT2D eigenvalue weighted by Crippen LogP contribution is 2.34. The molecule has 0 spiro atoms. The summed E-state index contributed by atoms with van der Waals surface area (Å²) in [5.74, 6) is 0.142. The van der Waals surface area contributed by atoms with E-state index in [2.05, 4.69) is 0 Å². The van der Waals surface area contributed by atoms with Crippen molar-refractivity contribution in [2.45, 2.75) is 6.61 Å². The molecule has 76 valence electrons. The van der Waals surface area contributed by atoms with Crippen molar-refractivity contribution in [1.82, 2.24) is 0 Å². The predicted molar refractivity (Wildman–Crippen MR) is 50.6 cm³/mol. The molecule has 0 unspecified atom stereocenters. The summed E-state index contributed by atoms with van der Waals surface area (Å²) in [5, 5.41) is 19.8. The first-order valence-electron chi connectivity index (χ1n) is 3.72. The van der Waals surface area contributed by atoms with Crippen LogP contribution in [0.5, 0.6) is 5.75 Å². The molecule has 0 radical (unpaired) electrons. The van der Waals surface area contributed by atoms with E-state index in [4.69, 9.17) is 21.4 Å². The van der Waals surface area contributed by atoms with Crippen molar-refractivity contribution in [2.75, 3.05) is 7.11 Å². The van der Waals surface area contributed by atoms with Crippen molar-refractivity contribution < 1.29 is 14.8 Å². The van der Waals surface area contributed by atoms with Gasteiger partial charge in [0.05, 0.1) is 29.2 Å². The van der Waals surface area contributed by atoms with E-state index < -0.39 is 11.5 Å². The average Bonchev–Trinajstić information content (AvgIpc) is 2.16. The molecule has 5 nitrogen and oxygen atoms in total. The minimum atomic E-state index is -0.593. The number of hydrogen-bond acceptors (Lipinski definition) is 4. The third-order valence-electron chi connectivity index (χ3n) is 1.75. The van der Waals surface area contributed by atoms with Gasteiger partial charge in [0, 0.05) is 6.07 Å². The maximum Gasteiger partial charge on any atom is 0.278 e. The number of nitro groups is 1. The van der Waals surface area contributed by atoms with Crippen molar-refractivity contribution in [3.63, 3.8) is 0 Å². The number of nitro benzene ring substituents is 1. The van der Waals surface area contributed by atoms with Crippen LogP contribution in [-0.2, 0) is 6.61 Å². The molecule has 0 heterocycles. The number of aliphatic hydroxyl groups excluding tert-OH is 1. The van der Waals surface area contributed by atoms with Crippen LogP contribution in [0.4, 0.5) is 5.69 Å². The van der Waals surface area contributed by atoms with Crippen LogP contribution in [0, 0.1) is 10.1 Å². The number of benzene rings is 1. The average molecular weight is 218 g/mol. The Morgan fingerprint density at radius 2 is 2.29 bits per heavy atom. The monoisotopic (exact) mass is 217 g/mol. The second-order valence-electron chi connectivity index (χ2n) is 2.49. The normalized spacial score (nSPS) is 9.93. The maximum atomic E-state index is 10.6. The van der Waals surface area contributed by atoms with E-state index in [1.165, 1.54) is 19.2 Å². The summed E-state index contributed by atoms with van der Waals surface area (Å²) in [6.07, 6.45) is 0. The van der Waals surface area contributed by atoms with Gasteiger partial charge in [-0.15, -0.1) is 0 Å². The van der Waals surface area contributed by atoms with Crippen LogP contribution < -0.4 is 4.74 Å². The van der Waals surface area contributed by atoms with Gasteiger partial charge in [0.25, 0.3) is 5.69 Å².